The monoisotopic (exact) mass is 386 g/mol. The van der Waals surface area contributed by atoms with Gasteiger partial charge in [0.1, 0.15) is 11.3 Å². The van der Waals surface area contributed by atoms with E-state index in [4.69, 9.17) is 14.2 Å². The van der Waals surface area contributed by atoms with Gasteiger partial charge in [0.05, 0.1) is 45.1 Å². The Labute approximate surface area is 159 Å². The highest BCUT2D eigenvalue weighted by Crippen LogP contribution is 2.32. The summed E-state index contributed by atoms with van der Waals surface area (Å²) < 4.78 is 21.4. The lowest BCUT2D eigenvalue weighted by Crippen LogP contribution is -2.34. The number of benzene rings is 2. The zero-order valence-corrected chi connectivity index (χ0v) is 15.7. The van der Waals surface area contributed by atoms with Crippen molar-refractivity contribution in [2.45, 2.75) is 0 Å². The van der Waals surface area contributed by atoms with Gasteiger partial charge in [-0.3, -0.25) is 4.79 Å². The van der Waals surface area contributed by atoms with Crippen molar-refractivity contribution in [3.63, 3.8) is 0 Å². The molecule has 1 heterocycles. The average molecular weight is 386 g/mol. The van der Waals surface area contributed by atoms with E-state index in [0.717, 1.165) is 4.57 Å². The van der Waals surface area contributed by atoms with E-state index in [2.05, 4.69) is 9.72 Å². The van der Waals surface area contributed by atoms with Crippen molar-refractivity contribution in [2.75, 3.05) is 28.4 Å². The lowest BCUT2D eigenvalue weighted by molar-refractivity contribution is 0.0600. The number of carbonyl (C=O) groups is 1. The molecule has 0 amide bonds. The van der Waals surface area contributed by atoms with E-state index in [-0.39, 0.29) is 33.7 Å². The Morgan fingerprint density at radius 3 is 2.25 bits per heavy atom. The summed E-state index contributed by atoms with van der Waals surface area (Å²) in [7, 11) is 5.49. The van der Waals surface area contributed by atoms with Crippen molar-refractivity contribution >= 4 is 16.9 Å². The number of aromatic amines is 1. The number of rotatable bonds is 5. The van der Waals surface area contributed by atoms with Gasteiger partial charge in [-0.2, -0.15) is 0 Å². The van der Waals surface area contributed by atoms with Crippen molar-refractivity contribution in [1.29, 1.82) is 0 Å². The third-order valence-corrected chi connectivity index (χ3v) is 4.26. The van der Waals surface area contributed by atoms with E-state index in [1.165, 1.54) is 52.7 Å². The molecule has 146 valence electrons. The number of nitrogens with zero attached hydrogens (tertiary/aromatic N) is 1. The van der Waals surface area contributed by atoms with E-state index in [0.29, 0.717) is 5.75 Å². The Morgan fingerprint density at radius 2 is 1.64 bits per heavy atom. The van der Waals surface area contributed by atoms with E-state index < -0.39 is 17.2 Å². The fraction of sp³-hybridized carbons (Fsp3) is 0.211. The van der Waals surface area contributed by atoms with Gasteiger partial charge in [-0.25, -0.2) is 14.2 Å². The van der Waals surface area contributed by atoms with Crippen LogP contribution >= 0.6 is 0 Å². The first-order valence-corrected chi connectivity index (χ1v) is 8.13. The Hall–Kier alpha value is -3.75. The summed E-state index contributed by atoms with van der Waals surface area (Å²) in [6, 6.07) is 7.37. The van der Waals surface area contributed by atoms with Gasteiger partial charge < -0.3 is 23.9 Å². The maximum atomic E-state index is 13.1. The van der Waals surface area contributed by atoms with Crippen LogP contribution in [0.25, 0.3) is 16.6 Å². The van der Waals surface area contributed by atoms with Gasteiger partial charge in [0.2, 0.25) is 0 Å². The first kappa shape index (κ1) is 19.0. The molecular formula is C19H18N2O7. The molecule has 0 radical (unpaired) electrons. The summed E-state index contributed by atoms with van der Waals surface area (Å²) in [4.78, 5) is 40.2. The molecule has 0 aliphatic heterocycles. The van der Waals surface area contributed by atoms with Crippen LogP contribution < -0.4 is 25.5 Å². The lowest BCUT2D eigenvalue weighted by atomic mass is 10.1. The van der Waals surface area contributed by atoms with Crippen LogP contribution in [0.5, 0.6) is 17.2 Å². The van der Waals surface area contributed by atoms with E-state index >= 15 is 0 Å². The molecule has 0 fully saturated rings. The number of hydrogen-bond acceptors (Lipinski definition) is 7. The number of nitrogens with one attached hydrogen (secondary N) is 1. The number of ether oxygens (including phenoxy) is 4. The van der Waals surface area contributed by atoms with Crippen molar-refractivity contribution in [3.05, 3.63) is 56.7 Å². The number of fused-ring (bicyclic) bond motifs is 1. The van der Waals surface area contributed by atoms with Crippen molar-refractivity contribution in [1.82, 2.24) is 9.55 Å². The van der Waals surface area contributed by atoms with Gasteiger partial charge >= 0.3 is 11.7 Å². The highest BCUT2D eigenvalue weighted by atomic mass is 16.5. The molecule has 3 rings (SSSR count). The Kier molecular flexibility index (Phi) is 5.08. The summed E-state index contributed by atoms with van der Waals surface area (Å²) in [5, 5.41) is 0.219. The maximum absolute atomic E-state index is 13.1. The Balaban J connectivity index is 2.32. The summed E-state index contributed by atoms with van der Waals surface area (Å²) in [5.41, 5.74) is -0.659. The third kappa shape index (κ3) is 2.96. The second kappa shape index (κ2) is 7.47. The van der Waals surface area contributed by atoms with Gasteiger partial charge in [0, 0.05) is 0 Å². The third-order valence-electron chi connectivity index (χ3n) is 4.26. The molecule has 0 aliphatic carbocycles. The van der Waals surface area contributed by atoms with Gasteiger partial charge in [-0.15, -0.1) is 0 Å². The minimum atomic E-state index is -0.701. The molecule has 0 saturated carbocycles. The van der Waals surface area contributed by atoms with Crippen LogP contribution in [0.15, 0.2) is 39.9 Å². The molecule has 1 aromatic heterocycles. The van der Waals surface area contributed by atoms with Crippen molar-refractivity contribution in [2.24, 2.45) is 0 Å². The van der Waals surface area contributed by atoms with Crippen LogP contribution in [0.2, 0.25) is 0 Å². The molecule has 9 nitrogen and oxygen atoms in total. The number of esters is 1. The van der Waals surface area contributed by atoms with Crippen LogP contribution in [0.1, 0.15) is 10.4 Å². The topological polar surface area (TPSA) is 109 Å². The minimum Gasteiger partial charge on any atom is -0.495 e. The summed E-state index contributed by atoms with van der Waals surface area (Å²) in [5.74, 6) is 0.217. The second-order valence-electron chi connectivity index (χ2n) is 5.67. The first-order chi connectivity index (χ1) is 13.5. The number of aromatic nitrogens is 2. The Bertz CT molecular complexity index is 1180. The summed E-state index contributed by atoms with van der Waals surface area (Å²) in [6.45, 7) is 0. The maximum Gasteiger partial charge on any atom is 0.337 e. The minimum absolute atomic E-state index is 0.162. The number of methoxy groups -OCH3 is 4. The molecule has 2 aromatic carbocycles. The van der Waals surface area contributed by atoms with Gasteiger partial charge in [-0.05, 0) is 30.3 Å². The fourth-order valence-corrected chi connectivity index (χ4v) is 2.93. The van der Waals surface area contributed by atoms with Crippen LogP contribution in [0.4, 0.5) is 0 Å². The fourth-order valence-electron chi connectivity index (χ4n) is 2.93. The predicted octanol–water partition coefficient (Wildman–Crippen LogP) is 1.49. The van der Waals surface area contributed by atoms with Gasteiger partial charge in [-0.1, -0.05) is 0 Å². The number of carbonyl (C=O) groups excluding carboxylic acids is 1. The van der Waals surface area contributed by atoms with Gasteiger partial charge in [0.15, 0.2) is 11.5 Å². The van der Waals surface area contributed by atoms with Crippen molar-refractivity contribution in [3.8, 4) is 22.9 Å². The summed E-state index contributed by atoms with van der Waals surface area (Å²) in [6.07, 6.45) is 0. The highest BCUT2D eigenvalue weighted by molar-refractivity contribution is 5.90. The van der Waals surface area contributed by atoms with Crippen molar-refractivity contribution < 1.29 is 23.7 Å². The van der Waals surface area contributed by atoms with E-state index in [9.17, 15) is 14.4 Å². The first-order valence-electron chi connectivity index (χ1n) is 8.13. The molecule has 0 bridgehead atoms. The SMILES string of the molecule is COC(=O)c1ccc(-n2c(=O)[nH]c3c(OC)c(OC)ccc3c2=O)c(OC)c1. The zero-order valence-electron chi connectivity index (χ0n) is 15.7. The molecule has 9 heteroatoms. The molecule has 0 spiro atoms. The molecular weight excluding hydrogens is 368 g/mol. The Morgan fingerprint density at radius 1 is 0.929 bits per heavy atom. The predicted molar refractivity (Wildman–Crippen MR) is 101 cm³/mol. The van der Waals surface area contributed by atoms with Crippen LogP contribution in [0.3, 0.4) is 0 Å². The lowest BCUT2D eigenvalue weighted by Gasteiger charge is -2.14. The number of H-pyrrole nitrogens is 1. The largest absolute Gasteiger partial charge is 0.495 e. The molecule has 28 heavy (non-hydrogen) atoms. The normalized spacial score (nSPS) is 10.6. The highest BCUT2D eigenvalue weighted by Gasteiger charge is 2.19. The molecule has 0 unspecified atom stereocenters. The standard InChI is InChI=1S/C19H18N2O7/c1-25-13-8-6-11-15(16(13)27-3)20-19(24)21(17(11)22)12-7-5-10(18(23)28-4)9-14(12)26-2/h5-9H,1-4H3,(H,20,24). The van der Waals surface area contributed by atoms with E-state index in [1.807, 2.05) is 0 Å². The molecule has 1 N–H and O–H groups in total. The quantitative estimate of drug-likeness (QED) is 0.662. The van der Waals surface area contributed by atoms with Crippen LogP contribution in [-0.4, -0.2) is 44.0 Å². The zero-order chi connectivity index (χ0) is 20.4. The molecule has 0 atom stereocenters. The molecule has 0 aliphatic rings. The number of hydrogen-bond donors (Lipinski definition) is 1. The molecule has 3 aromatic rings. The van der Waals surface area contributed by atoms with Crippen LogP contribution in [-0.2, 0) is 4.74 Å². The second-order valence-corrected chi connectivity index (χ2v) is 5.67. The summed E-state index contributed by atoms with van der Waals surface area (Å²) >= 11 is 0. The van der Waals surface area contributed by atoms with Crippen LogP contribution in [0, 0.1) is 0 Å². The molecule has 0 saturated heterocycles. The smallest absolute Gasteiger partial charge is 0.337 e. The van der Waals surface area contributed by atoms with E-state index in [1.54, 1.807) is 6.07 Å². The average Bonchev–Trinajstić information content (AvgIpc) is 2.72. The van der Waals surface area contributed by atoms with Gasteiger partial charge in [0.25, 0.3) is 5.56 Å².